The van der Waals surface area contributed by atoms with E-state index in [9.17, 15) is 18.0 Å². The van der Waals surface area contributed by atoms with E-state index in [4.69, 9.17) is 0 Å². The highest BCUT2D eigenvalue weighted by Crippen LogP contribution is 2.27. The fourth-order valence-electron chi connectivity index (χ4n) is 2.68. The second-order valence-electron chi connectivity index (χ2n) is 5.62. The van der Waals surface area contributed by atoms with E-state index in [2.05, 4.69) is 10.6 Å². The molecule has 2 N–H and O–H groups in total. The average molecular weight is 300 g/mol. The van der Waals surface area contributed by atoms with E-state index in [1.165, 1.54) is 0 Å². The largest absolute Gasteiger partial charge is 0.471 e. The Morgan fingerprint density at radius 1 is 1.38 bits per heavy atom. The highest BCUT2D eigenvalue weighted by atomic mass is 19.4. The number of nitrogens with one attached hydrogen (secondary N) is 2. The number of amides is 1. The maximum atomic E-state index is 12.4. The minimum Gasteiger partial charge on any atom is -0.344 e. The van der Waals surface area contributed by atoms with Crippen molar-refractivity contribution in [1.29, 1.82) is 0 Å². The van der Waals surface area contributed by atoms with Crippen LogP contribution in [0.15, 0.2) is 24.3 Å². The lowest BCUT2D eigenvalue weighted by Crippen LogP contribution is -2.56. The number of hydrogen-bond donors (Lipinski definition) is 2. The summed E-state index contributed by atoms with van der Waals surface area (Å²) in [5, 5.41) is 5.27. The molecule has 1 amide bonds. The van der Waals surface area contributed by atoms with Crippen molar-refractivity contribution in [3.05, 3.63) is 35.4 Å². The van der Waals surface area contributed by atoms with Crippen LogP contribution in [-0.4, -0.2) is 30.7 Å². The van der Waals surface area contributed by atoms with Crippen LogP contribution in [0.5, 0.6) is 0 Å². The second kappa shape index (κ2) is 6.05. The number of halogens is 3. The number of rotatable bonds is 2. The molecule has 0 aliphatic carbocycles. The van der Waals surface area contributed by atoms with E-state index in [1.54, 1.807) is 6.92 Å². The maximum absolute atomic E-state index is 12.4. The van der Waals surface area contributed by atoms with Crippen LogP contribution < -0.4 is 10.6 Å². The highest BCUT2D eigenvalue weighted by Gasteiger charge is 2.41. The van der Waals surface area contributed by atoms with Crippen molar-refractivity contribution in [2.75, 3.05) is 6.54 Å². The SMILES string of the molecule is Cc1cccc(C2CNC(C)C(NC(=O)C(F)(F)F)C2)c1. The molecule has 3 unspecified atom stereocenters. The topological polar surface area (TPSA) is 41.1 Å². The first-order chi connectivity index (χ1) is 9.77. The number of alkyl halides is 3. The van der Waals surface area contributed by atoms with E-state index in [-0.39, 0.29) is 12.0 Å². The minimum absolute atomic E-state index is 0.0969. The normalized spacial score (nSPS) is 26.4. The van der Waals surface area contributed by atoms with Gasteiger partial charge in [-0.15, -0.1) is 0 Å². The van der Waals surface area contributed by atoms with Gasteiger partial charge in [0.15, 0.2) is 0 Å². The molecule has 0 saturated carbocycles. The summed E-state index contributed by atoms with van der Waals surface area (Å²) in [7, 11) is 0. The fourth-order valence-corrected chi connectivity index (χ4v) is 2.68. The predicted molar refractivity (Wildman–Crippen MR) is 74.0 cm³/mol. The molecule has 1 aromatic carbocycles. The van der Waals surface area contributed by atoms with E-state index >= 15 is 0 Å². The molecular weight excluding hydrogens is 281 g/mol. The predicted octanol–water partition coefficient (Wildman–Crippen LogP) is 2.51. The van der Waals surface area contributed by atoms with Crippen molar-refractivity contribution < 1.29 is 18.0 Å². The van der Waals surface area contributed by atoms with Crippen molar-refractivity contribution in [2.24, 2.45) is 0 Å². The van der Waals surface area contributed by atoms with Crippen LogP contribution in [0.3, 0.4) is 0 Å². The van der Waals surface area contributed by atoms with Crippen LogP contribution in [0.25, 0.3) is 0 Å². The van der Waals surface area contributed by atoms with Gasteiger partial charge in [0.1, 0.15) is 0 Å². The molecule has 3 atom stereocenters. The van der Waals surface area contributed by atoms with Gasteiger partial charge in [0.25, 0.3) is 0 Å². The zero-order valence-electron chi connectivity index (χ0n) is 12.0. The number of piperidine rings is 1. The van der Waals surface area contributed by atoms with Gasteiger partial charge in [-0.05, 0) is 31.7 Å². The van der Waals surface area contributed by atoms with Crippen LogP contribution in [0.1, 0.15) is 30.4 Å². The van der Waals surface area contributed by atoms with E-state index < -0.39 is 18.1 Å². The van der Waals surface area contributed by atoms with Crippen LogP contribution >= 0.6 is 0 Å². The Morgan fingerprint density at radius 2 is 2.10 bits per heavy atom. The molecule has 1 aromatic rings. The van der Waals surface area contributed by atoms with Gasteiger partial charge < -0.3 is 10.6 Å². The maximum Gasteiger partial charge on any atom is 0.471 e. The Bertz CT molecular complexity index is 516. The molecule has 21 heavy (non-hydrogen) atoms. The zero-order valence-corrected chi connectivity index (χ0v) is 12.0. The third-order valence-electron chi connectivity index (χ3n) is 3.92. The first-order valence-corrected chi connectivity index (χ1v) is 6.95. The van der Waals surface area contributed by atoms with Crippen LogP contribution in [0.4, 0.5) is 13.2 Å². The highest BCUT2D eigenvalue weighted by molar-refractivity contribution is 5.82. The summed E-state index contributed by atoms with van der Waals surface area (Å²) in [5.41, 5.74) is 2.20. The molecule has 1 aliphatic rings. The summed E-state index contributed by atoms with van der Waals surface area (Å²) < 4.78 is 37.1. The van der Waals surface area contributed by atoms with Gasteiger partial charge in [-0.2, -0.15) is 13.2 Å². The minimum atomic E-state index is -4.84. The molecule has 1 fully saturated rings. The number of carbonyl (C=O) groups excluding carboxylic acids is 1. The zero-order chi connectivity index (χ0) is 15.6. The molecule has 1 aliphatic heterocycles. The number of carbonyl (C=O) groups is 1. The quantitative estimate of drug-likeness (QED) is 0.881. The van der Waals surface area contributed by atoms with Gasteiger partial charge in [0.05, 0.1) is 0 Å². The van der Waals surface area contributed by atoms with Crippen molar-refractivity contribution in [2.45, 2.75) is 44.4 Å². The molecular formula is C15H19F3N2O. The molecule has 0 aromatic heterocycles. The molecule has 1 saturated heterocycles. The molecule has 1 heterocycles. The molecule has 2 rings (SSSR count). The Kier molecular flexibility index (Phi) is 4.56. The monoisotopic (exact) mass is 300 g/mol. The molecule has 3 nitrogen and oxygen atoms in total. The van der Waals surface area contributed by atoms with Gasteiger partial charge >= 0.3 is 12.1 Å². The van der Waals surface area contributed by atoms with E-state index in [0.29, 0.717) is 13.0 Å². The smallest absolute Gasteiger partial charge is 0.344 e. The molecule has 0 radical (unpaired) electrons. The van der Waals surface area contributed by atoms with Crippen molar-refractivity contribution in [3.63, 3.8) is 0 Å². The first-order valence-electron chi connectivity index (χ1n) is 6.95. The third-order valence-corrected chi connectivity index (χ3v) is 3.92. The number of hydrogen-bond acceptors (Lipinski definition) is 2. The van der Waals surface area contributed by atoms with E-state index in [0.717, 1.165) is 11.1 Å². The number of aryl methyl sites for hydroxylation is 1. The third kappa shape index (κ3) is 3.97. The second-order valence-corrected chi connectivity index (χ2v) is 5.62. The standard InChI is InChI=1S/C15H19F3N2O/c1-9-4-3-5-11(6-9)12-7-13(10(2)19-8-12)20-14(21)15(16,17)18/h3-6,10,12-13,19H,7-8H2,1-2H3,(H,20,21). The Labute approximate surface area is 121 Å². The lowest BCUT2D eigenvalue weighted by Gasteiger charge is -2.36. The van der Waals surface area contributed by atoms with Crippen molar-refractivity contribution in [1.82, 2.24) is 10.6 Å². The molecule has 116 valence electrons. The van der Waals surface area contributed by atoms with Gasteiger partial charge in [-0.3, -0.25) is 4.79 Å². The first kappa shape index (κ1) is 15.8. The van der Waals surface area contributed by atoms with Crippen LogP contribution in [-0.2, 0) is 4.79 Å². The Hall–Kier alpha value is -1.56. The lowest BCUT2D eigenvalue weighted by atomic mass is 9.85. The number of benzene rings is 1. The van der Waals surface area contributed by atoms with Crippen LogP contribution in [0, 0.1) is 6.92 Å². The summed E-state index contributed by atoms with van der Waals surface area (Å²) >= 11 is 0. The summed E-state index contributed by atoms with van der Waals surface area (Å²) in [4.78, 5) is 11.1. The van der Waals surface area contributed by atoms with E-state index in [1.807, 2.05) is 31.2 Å². The Morgan fingerprint density at radius 3 is 2.71 bits per heavy atom. The van der Waals surface area contributed by atoms with Gasteiger partial charge in [-0.25, -0.2) is 0 Å². The molecule has 0 bridgehead atoms. The summed E-state index contributed by atoms with van der Waals surface area (Å²) in [6.45, 7) is 4.46. The average Bonchev–Trinajstić information content (AvgIpc) is 2.40. The van der Waals surface area contributed by atoms with Crippen molar-refractivity contribution >= 4 is 5.91 Å². The van der Waals surface area contributed by atoms with Crippen molar-refractivity contribution in [3.8, 4) is 0 Å². The van der Waals surface area contributed by atoms with Gasteiger partial charge in [0.2, 0.25) is 0 Å². The Balaban J connectivity index is 2.07. The summed E-state index contributed by atoms with van der Waals surface area (Å²) in [5.74, 6) is -1.77. The molecule has 0 spiro atoms. The lowest BCUT2D eigenvalue weighted by molar-refractivity contribution is -0.174. The molecule has 6 heteroatoms. The van der Waals surface area contributed by atoms with Gasteiger partial charge in [-0.1, -0.05) is 29.8 Å². The summed E-state index contributed by atoms with van der Waals surface area (Å²) in [6.07, 6.45) is -4.34. The fraction of sp³-hybridized carbons (Fsp3) is 0.533. The summed E-state index contributed by atoms with van der Waals surface area (Å²) in [6, 6.07) is 7.20. The van der Waals surface area contributed by atoms with Gasteiger partial charge in [0, 0.05) is 18.6 Å². The van der Waals surface area contributed by atoms with Crippen LogP contribution in [0.2, 0.25) is 0 Å².